The van der Waals surface area contributed by atoms with Gasteiger partial charge in [-0.1, -0.05) is 24.3 Å². The summed E-state index contributed by atoms with van der Waals surface area (Å²) in [5, 5.41) is 10.0. The molecule has 0 atom stereocenters. The minimum Gasteiger partial charge on any atom is -0.512 e. The van der Waals surface area contributed by atoms with E-state index < -0.39 is 11.9 Å². The van der Waals surface area contributed by atoms with Crippen molar-refractivity contribution in [3.05, 3.63) is 70.5 Å². The van der Waals surface area contributed by atoms with Crippen LogP contribution in [0, 0.1) is 0 Å². The summed E-state index contributed by atoms with van der Waals surface area (Å²) in [6.07, 6.45) is 0. The predicted octanol–water partition coefficient (Wildman–Crippen LogP) is 3.10. The number of aliphatic hydroxyl groups is 1. The van der Waals surface area contributed by atoms with Crippen LogP contribution in [0.5, 0.6) is 11.5 Å². The lowest BCUT2D eigenvalue weighted by atomic mass is 9.99. The molecule has 0 saturated heterocycles. The zero-order valence-corrected chi connectivity index (χ0v) is 16.9. The van der Waals surface area contributed by atoms with Crippen molar-refractivity contribution in [1.82, 2.24) is 0 Å². The van der Waals surface area contributed by atoms with Gasteiger partial charge in [0, 0.05) is 16.7 Å². The summed E-state index contributed by atoms with van der Waals surface area (Å²) >= 11 is 0. The number of ether oxygens (including phenoxy) is 3. The van der Waals surface area contributed by atoms with Gasteiger partial charge in [-0.25, -0.2) is 9.79 Å². The van der Waals surface area contributed by atoms with Crippen LogP contribution in [0.3, 0.4) is 0 Å². The molecule has 8 nitrogen and oxygen atoms in total. The Bertz CT molecular complexity index is 1110. The van der Waals surface area contributed by atoms with Gasteiger partial charge >= 0.3 is 5.97 Å². The molecule has 8 heteroatoms. The number of carbonyl (C=O) groups excluding carboxylic acids is 2. The van der Waals surface area contributed by atoms with Gasteiger partial charge < -0.3 is 19.3 Å². The highest BCUT2D eigenvalue weighted by Gasteiger charge is 2.30. The molecule has 3 rings (SSSR count). The van der Waals surface area contributed by atoms with Crippen LogP contribution in [-0.4, -0.2) is 49.9 Å². The third-order valence-corrected chi connectivity index (χ3v) is 4.47. The van der Waals surface area contributed by atoms with Crippen molar-refractivity contribution in [3.63, 3.8) is 0 Å². The minimum absolute atomic E-state index is 0.0892. The predicted molar refractivity (Wildman–Crippen MR) is 111 cm³/mol. The standard InChI is InChI=1S/C22H20N2O6/c1-12(25)18(22(27)30-4)19-14-7-5-6-8-15(14)20(23-19)24-21(26)13-9-10-16(28-2)17(11-13)29-3/h5-11,25H,1-4H3/b18-12+,24-20?. The quantitative estimate of drug-likeness (QED) is 0.463. The van der Waals surface area contributed by atoms with Gasteiger partial charge in [0.15, 0.2) is 17.3 Å². The summed E-state index contributed by atoms with van der Waals surface area (Å²) in [6, 6.07) is 11.7. The molecule has 0 aromatic heterocycles. The molecule has 0 aliphatic carbocycles. The summed E-state index contributed by atoms with van der Waals surface area (Å²) in [5.41, 5.74) is 1.50. The summed E-state index contributed by atoms with van der Waals surface area (Å²) in [5.74, 6) is -0.525. The molecule has 2 aromatic carbocycles. The van der Waals surface area contributed by atoms with E-state index in [1.54, 1.807) is 36.4 Å². The number of allylic oxidation sites excluding steroid dienone is 1. The number of fused-ring (bicyclic) bond motifs is 1. The van der Waals surface area contributed by atoms with Crippen molar-refractivity contribution in [1.29, 1.82) is 0 Å². The maximum Gasteiger partial charge on any atom is 0.343 e. The Morgan fingerprint density at radius 2 is 1.63 bits per heavy atom. The van der Waals surface area contributed by atoms with Crippen LogP contribution < -0.4 is 9.47 Å². The fourth-order valence-electron chi connectivity index (χ4n) is 3.03. The average Bonchev–Trinajstić information content (AvgIpc) is 3.10. The molecule has 1 amide bonds. The first-order valence-electron chi connectivity index (χ1n) is 8.93. The van der Waals surface area contributed by atoms with Crippen LogP contribution in [0.25, 0.3) is 0 Å². The van der Waals surface area contributed by atoms with Crippen molar-refractivity contribution >= 4 is 23.4 Å². The second-order valence-corrected chi connectivity index (χ2v) is 6.27. The van der Waals surface area contributed by atoms with Crippen LogP contribution in [-0.2, 0) is 9.53 Å². The van der Waals surface area contributed by atoms with E-state index in [2.05, 4.69) is 9.98 Å². The highest BCUT2D eigenvalue weighted by molar-refractivity contribution is 6.36. The molecule has 1 aliphatic heterocycles. The maximum atomic E-state index is 12.8. The number of hydrogen-bond acceptors (Lipinski definition) is 6. The first-order valence-corrected chi connectivity index (χ1v) is 8.93. The van der Waals surface area contributed by atoms with Crippen molar-refractivity contribution in [2.75, 3.05) is 21.3 Å². The van der Waals surface area contributed by atoms with E-state index >= 15 is 0 Å². The number of hydrogen-bond donors (Lipinski definition) is 1. The van der Waals surface area contributed by atoms with E-state index in [0.29, 0.717) is 22.6 Å². The van der Waals surface area contributed by atoms with Gasteiger partial charge in [0.25, 0.3) is 5.91 Å². The molecule has 0 fully saturated rings. The molecule has 1 N–H and O–H groups in total. The van der Waals surface area contributed by atoms with Crippen LogP contribution in [0.15, 0.2) is 63.8 Å². The Balaban J connectivity index is 2.09. The smallest absolute Gasteiger partial charge is 0.343 e. The second kappa shape index (κ2) is 8.60. The minimum atomic E-state index is -0.740. The van der Waals surface area contributed by atoms with E-state index in [0.717, 1.165) is 0 Å². The maximum absolute atomic E-state index is 12.8. The number of carbonyl (C=O) groups is 2. The van der Waals surface area contributed by atoms with Gasteiger partial charge in [-0.3, -0.25) is 4.79 Å². The lowest BCUT2D eigenvalue weighted by Crippen LogP contribution is -2.16. The highest BCUT2D eigenvalue weighted by Crippen LogP contribution is 2.29. The Hall–Kier alpha value is -3.94. The number of benzene rings is 2. The first kappa shape index (κ1) is 20.8. The SMILES string of the molecule is COC(=O)/C(C1=NC(=NC(=O)c2ccc(OC)c(OC)c2)c2ccccc21)=C(\C)O. The summed E-state index contributed by atoms with van der Waals surface area (Å²) in [4.78, 5) is 33.4. The lowest BCUT2D eigenvalue weighted by Gasteiger charge is -2.08. The number of methoxy groups -OCH3 is 3. The number of nitrogens with zero attached hydrogens (tertiary/aromatic N) is 2. The molecule has 1 heterocycles. The van der Waals surface area contributed by atoms with Crippen LogP contribution >= 0.6 is 0 Å². The molecule has 0 radical (unpaired) electrons. The molecule has 2 aromatic rings. The van der Waals surface area contributed by atoms with E-state index in [4.69, 9.17) is 14.2 Å². The molecule has 1 aliphatic rings. The molecule has 0 bridgehead atoms. The molecule has 154 valence electrons. The van der Waals surface area contributed by atoms with Crippen molar-refractivity contribution < 1.29 is 28.9 Å². The van der Waals surface area contributed by atoms with Gasteiger partial charge in [0.05, 0.1) is 27.0 Å². The van der Waals surface area contributed by atoms with Crippen LogP contribution in [0.4, 0.5) is 0 Å². The van der Waals surface area contributed by atoms with Crippen molar-refractivity contribution in [3.8, 4) is 11.5 Å². The van der Waals surface area contributed by atoms with Gasteiger partial charge in [-0.05, 0) is 25.1 Å². The monoisotopic (exact) mass is 408 g/mol. The summed E-state index contributed by atoms with van der Waals surface area (Å²) < 4.78 is 15.2. The third kappa shape index (κ3) is 3.80. The molecule has 0 spiro atoms. The summed E-state index contributed by atoms with van der Waals surface area (Å²) in [7, 11) is 4.18. The second-order valence-electron chi connectivity index (χ2n) is 6.27. The van der Waals surface area contributed by atoms with Crippen molar-refractivity contribution in [2.45, 2.75) is 6.92 Å². The van der Waals surface area contributed by atoms with E-state index in [1.807, 2.05) is 0 Å². The number of rotatable bonds is 5. The van der Waals surface area contributed by atoms with E-state index in [9.17, 15) is 14.7 Å². The fraction of sp³-hybridized carbons (Fsp3) is 0.182. The van der Waals surface area contributed by atoms with Gasteiger partial charge in [0.2, 0.25) is 0 Å². The largest absolute Gasteiger partial charge is 0.512 e. The van der Waals surface area contributed by atoms with Crippen molar-refractivity contribution in [2.24, 2.45) is 9.98 Å². The molecule has 0 saturated carbocycles. The molecule has 30 heavy (non-hydrogen) atoms. The Morgan fingerprint density at radius 3 is 2.23 bits per heavy atom. The van der Waals surface area contributed by atoms with Gasteiger partial charge in [0.1, 0.15) is 11.3 Å². The highest BCUT2D eigenvalue weighted by atomic mass is 16.5. The van der Waals surface area contributed by atoms with Gasteiger partial charge in [-0.2, -0.15) is 4.99 Å². The summed E-state index contributed by atoms with van der Waals surface area (Å²) in [6.45, 7) is 1.36. The Labute approximate surface area is 173 Å². The number of aliphatic imine (C=N–C) groups is 2. The zero-order chi connectivity index (χ0) is 21.8. The fourth-order valence-corrected chi connectivity index (χ4v) is 3.03. The zero-order valence-electron chi connectivity index (χ0n) is 16.9. The number of amidine groups is 1. The molecular formula is C22H20N2O6. The lowest BCUT2D eigenvalue weighted by molar-refractivity contribution is -0.135. The molecular weight excluding hydrogens is 388 g/mol. The van der Waals surface area contributed by atoms with E-state index in [1.165, 1.54) is 34.3 Å². The molecule has 0 unspecified atom stereocenters. The Kier molecular flexibility index (Phi) is 5.96. The number of aliphatic hydroxyl groups excluding tert-OH is 1. The van der Waals surface area contributed by atoms with Gasteiger partial charge in [-0.15, -0.1) is 0 Å². The Morgan fingerprint density at radius 1 is 0.967 bits per heavy atom. The first-order chi connectivity index (χ1) is 14.4. The number of esters is 1. The van der Waals surface area contributed by atoms with Crippen LogP contribution in [0.2, 0.25) is 0 Å². The topological polar surface area (TPSA) is 107 Å². The van der Waals surface area contributed by atoms with Crippen LogP contribution in [0.1, 0.15) is 28.4 Å². The number of amides is 1. The normalized spacial score (nSPS) is 14.5. The average molecular weight is 408 g/mol. The van der Waals surface area contributed by atoms with E-state index in [-0.39, 0.29) is 28.4 Å². The third-order valence-electron chi connectivity index (χ3n) is 4.47.